The minimum absolute atomic E-state index is 0.168. The van der Waals surface area contributed by atoms with Gasteiger partial charge in [0.25, 0.3) is 5.91 Å². The van der Waals surface area contributed by atoms with Crippen LogP contribution in [0.2, 0.25) is 0 Å². The molecule has 0 saturated carbocycles. The third-order valence-electron chi connectivity index (χ3n) is 2.88. The molecule has 0 N–H and O–H groups in total. The number of hydrogen-bond acceptors (Lipinski definition) is 2. The van der Waals surface area contributed by atoms with Crippen molar-refractivity contribution >= 4 is 28.8 Å². The summed E-state index contributed by atoms with van der Waals surface area (Å²) in [5.41, 5.74) is 1.94. The van der Waals surface area contributed by atoms with Crippen LogP contribution in [-0.2, 0) is 0 Å². The number of halogens is 1. The molecule has 1 amide bonds. The monoisotopic (exact) mass is 243 g/mol. The molecule has 15 heavy (non-hydrogen) atoms. The first-order valence-corrected chi connectivity index (χ1v) is 6.58. The topological polar surface area (TPSA) is 20.3 Å². The maximum atomic E-state index is 12.1. The molecule has 2 heterocycles. The van der Waals surface area contributed by atoms with E-state index in [1.807, 2.05) is 22.6 Å². The van der Waals surface area contributed by atoms with Crippen LogP contribution in [0.15, 0.2) is 10.8 Å². The zero-order valence-corrected chi connectivity index (χ0v) is 10.3. The fourth-order valence-electron chi connectivity index (χ4n) is 1.89. The second-order valence-electron chi connectivity index (χ2n) is 4.03. The lowest BCUT2D eigenvalue weighted by molar-refractivity contribution is 0.0788. The highest BCUT2D eigenvalue weighted by Gasteiger charge is 2.27. The molecule has 0 aliphatic carbocycles. The standard InChI is InChI=1S/C11H14ClNOS/c1-8-6-15-7-10(8)11(14)13-3-2-9(4-12)5-13/h6-7,9H,2-5H2,1H3. The van der Waals surface area contributed by atoms with Gasteiger partial charge in [-0.15, -0.1) is 11.6 Å². The zero-order valence-electron chi connectivity index (χ0n) is 8.70. The summed E-state index contributed by atoms with van der Waals surface area (Å²) in [4.78, 5) is 14.0. The van der Waals surface area contributed by atoms with Gasteiger partial charge in [-0.2, -0.15) is 11.3 Å². The number of rotatable bonds is 2. The average Bonchev–Trinajstić information content (AvgIpc) is 2.84. The Morgan fingerprint density at radius 3 is 3.00 bits per heavy atom. The molecule has 0 aromatic carbocycles. The molecule has 1 aliphatic heterocycles. The summed E-state index contributed by atoms with van der Waals surface area (Å²) in [6.07, 6.45) is 1.04. The third-order valence-corrected chi connectivity index (χ3v) is 4.18. The summed E-state index contributed by atoms with van der Waals surface area (Å²) in [6.45, 7) is 3.65. The smallest absolute Gasteiger partial charge is 0.254 e. The Bertz CT molecular complexity index is 363. The first kappa shape index (κ1) is 11.0. The van der Waals surface area contributed by atoms with Gasteiger partial charge in [-0.3, -0.25) is 4.79 Å². The highest BCUT2D eigenvalue weighted by atomic mass is 35.5. The van der Waals surface area contributed by atoms with Gasteiger partial charge in [0, 0.05) is 24.3 Å². The summed E-state index contributed by atoms with van der Waals surface area (Å²) in [6, 6.07) is 0. The van der Waals surface area contributed by atoms with Gasteiger partial charge in [0.05, 0.1) is 5.56 Å². The highest BCUT2D eigenvalue weighted by molar-refractivity contribution is 7.08. The Labute approximate surface area is 98.8 Å². The molecule has 1 fully saturated rings. The maximum absolute atomic E-state index is 12.1. The number of amides is 1. The predicted octanol–water partition coefficient (Wildman–Crippen LogP) is 2.76. The molecule has 82 valence electrons. The van der Waals surface area contributed by atoms with Crippen LogP contribution in [0.5, 0.6) is 0 Å². The SMILES string of the molecule is Cc1cscc1C(=O)N1CCC(CCl)C1. The maximum Gasteiger partial charge on any atom is 0.254 e. The molecule has 1 aromatic heterocycles. The minimum Gasteiger partial charge on any atom is -0.338 e. The van der Waals surface area contributed by atoms with Gasteiger partial charge in [0.1, 0.15) is 0 Å². The van der Waals surface area contributed by atoms with Crippen molar-refractivity contribution in [3.05, 3.63) is 21.9 Å². The van der Waals surface area contributed by atoms with E-state index < -0.39 is 0 Å². The van der Waals surface area contributed by atoms with Gasteiger partial charge in [-0.1, -0.05) is 0 Å². The van der Waals surface area contributed by atoms with E-state index in [9.17, 15) is 4.79 Å². The lowest BCUT2D eigenvalue weighted by atomic mass is 10.1. The lowest BCUT2D eigenvalue weighted by Crippen LogP contribution is -2.29. The van der Waals surface area contributed by atoms with Crippen LogP contribution in [0.3, 0.4) is 0 Å². The summed E-state index contributed by atoms with van der Waals surface area (Å²) >= 11 is 7.38. The van der Waals surface area contributed by atoms with Crippen LogP contribution in [0.25, 0.3) is 0 Å². The molecule has 1 aromatic rings. The average molecular weight is 244 g/mol. The number of carbonyl (C=O) groups excluding carboxylic acids is 1. The number of hydrogen-bond donors (Lipinski definition) is 0. The minimum atomic E-state index is 0.168. The number of carbonyl (C=O) groups is 1. The zero-order chi connectivity index (χ0) is 10.8. The van der Waals surface area contributed by atoms with Crippen molar-refractivity contribution in [1.29, 1.82) is 0 Å². The Hall–Kier alpha value is -0.540. The number of aryl methyl sites for hydroxylation is 1. The van der Waals surface area contributed by atoms with E-state index in [1.54, 1.807) is 11.3 Å². The first-order chi connectivity index (χ1) is 7.22. The number of likely N-dealkylation sites (tertiary alicyclic amines) is 1. The molecule has 1 unspecified atom stereocenters. The van der Waals surface area contributed by atoms with Crippen molar-refractivity contribution in [3.63, 3.8) is 0 Å². The van der Waals surface area contributed by atoms with Gasteiger partial charge >= 0.3 is 0 Å². The van der Waals surface area contributed by atoms with Crippen LogP contribution < -0.4 is 0 Å². The molecule has 0 bridgehead atoms. The van der Waals surface area contributed by atoms with Crippen molar-refractivity contribution in [1.82, 2.24) is 4.90 Å². The Morgan fingerprint density at radius 2 is 2.47 bits per heavy atom. The fourth-order valence-corrected chi connectivity index (χ4v) is 2.97. The van der Waals surface area contributed by atoms with Crippen LogP contribution in [0, 0.1) is 12.8 Å². The van der Waals surface area contributed by atoms with Gasteiger partial charge in [0.2, 0.25) is 0 Å². The summed E-state index contributed by atoms with van der Waals surface area (Å²) < 4.78 is 0. The van der Waals surface area contributed by atoms with E-state index in [0.29, 0.717) is 11.8 Å². The van der Waals surface area contributed by atoms with Gasteiger partial charge in [-0.25, -0.2) is 0 Å². The van der Waals surface area contributed by atoms with E-state index in [2.05, 4.69) is 0 Å². The van der Waals surface area contributed by atoms with Gasteiger partial charge in [0.15, 0.2) is 0 Å². The fraction of sp³-hybridized carbons (Fsp3) is 0.545. The largest absolute Gasteiger partial charge is 0.338 e. The number of thiophene rings is 1. The summed E-state index contributed by atoms with van der Waals surface area (Å²) in [7, 11) is 0. The molecule has 0 spiro atoms. The van der Waals surface area contributed by atoms with E-state index in [-0.39, 0.29) is 5.91 Å². The van der Waals surface area contributed by atoms with E-state index in [0.717, 1.165) is 30.6 Å². The summed E-state index contributed by atoms with van der Waals surface area (Å²) in [5, 5.41) is 3.95. The number of alkyl halides is 1. The second kappa shape index (κ2) is 4.54. The molecule has 1 aliphatic rings. The lowest BCUT2D eigenvalue weighted by Gasteiger charge is -2.15. The number of nitrogens with zero attached hydrogens (tertiary/aromatic N) is 1. The third kappa shape index (κ3) is 2.18. The molecular formula is C11H14ClNOS. The van der Waals surface area contributed by atoms with Crippen molar-refractivity contribution in [2.24, 2.45) is 5.92 Å². The normalized spacial score (nSPS) is 20.9. The molecule has 2 nitrogen and oxygen atoms in total. The Balaban J connectivity index is 2.07. The molecule has 1 saturated heterocycles. The summed E-state index contributed by atoms with van der Waals surface area (Å²) in [5.74, 6) is 1.31. The second-order valence-corrected chi connectivity index (χ2v) is 5.08. The molecule has 4 heteroatoms. The van der Waals surface area contributed by atoms with Crippen LogP contribution in [0.1, 0.15) is 22.3 Å². The molecule has 1 atom stereocenters. The molecule has 2 rings (SSSR count). The highest BCUT2D eigenvalue weighted by Crippen LogP contribution is 2.22. The van der Waals surface area contributed by atoms with Gasteiger partial charge < -0.3 is 4.90 Å². The van der Waals surface area contributed by atoms with Crippen molar-refractivity contribution < 1.29 is 4.79 Å². The predicted molar refractivity (Wildman–Crippen MR) is 63.8 cm³/mol. The van der Waals surface area contributed by atoms with Crippen LogP contribution in [-0.4, -0.2) is 29.8 Å². The Morgan fingerprint density at radius 1 is 1.67 bits per heavy atom. The van der Waals surface area contributed by atoms with E-state index in [4.69, 9.17) is 11.6 Å². The first-order valence-electron chi connectivity index (χ1n) is 5.10. The van der Waals surface area contributed by atoms with Crippen LogP contribution in [0.4, 0.5) is 0 Å². The molecular weight excluding hydrogens is 230 g/mol. The van der Waals surface area contributed by atoms with E-state index in [1.165, 1.54) is 0 Å². The Kier molecular flexibility index (Phi) is 3.32. The van der Waals surface area contributed by atoms with Crippen LogP contribution >= 0.6 is 22.9 Å². The van der Waals surface area contributed by atoms with Gasteiger partial charge in [-0.05, 0) is 30.2 Å². The van der Waals surface area contributed by atoms with E-state index >= 15 is 0 Å². The van der Waals surface area contributed by atoms with Crippen molar-refractivity contribution in [2.75, 3.05) is 19.0 Å². The van der Waals surface area contributed by atoms with Crippen molar-refractivity contribution in [3.8, 4) is 0 Å². The molecule has 0 radical (unpaired) electrons. The van der Waals surface area contributed by atoms with Crippen molar-refractivity contribution in [2.45, 2.75) is 13.3 Å². The quantitative estimate of drug-likeness (QED) is 0.732.